The van der Waals surface area contributed by atoms with Crippen molar-refractivity contribution in [3.8, 4) is 0 Å². The molecule has 2 amide bonds. The molecule has 2 heterocycles. The van der Waals surface area contributed by atoms with Gasteiger partial charge in [-0.15, -0.1) is 12.4 Å². The van der Waals surface area contributed by atoms with E-state index in [1.807, 2.05) is 23.1 Å². The molecule has 2 saturated heterocycles. The Labute approximate surface area is 149 Å². The summed E-state index contributed by atoms with van der Waals surface area (Å²) in [6.07, 6.45) is 6.05. The lowest BCUT2D eigenvalue weighted by Gasteiger charge is -2.26. The Kier molecular flexibility index (Phi) is 7.06. The van der Waals surface area contributed by atoms with Crippen molar-refractivity contribution in [3.63, 3.8) is 0 Å². The van der Waals surface area contributed by atoms with Gasteiger partial charge in [-0.2, -0.15) is 0 Å². The van der Waals surface area contributed by atoms with Crippen LogP contribution in [0.2, 0.25) is 0 Å². The van der Waals surface area contributed by atoms with Crippen LogP contribution in [0.4, 0.5) is 5.69 Å². The smallest absolute Gasteiger partial charge is 0.253 e. The van der Waals surface area contributed by atoms with Crippen molar-refractivity contribution in [2.45, 2.75) is 44.6 Å². The van der Waals surface area contributed by atoms with Gasteiger partial charge in [0.25, 0.3) is 5.91 Å². The molecule has 0 aliphatic carbocycles. The Balaban J connectivity index is 0.00000208. The van der Waals surface area contributed by atoms with E-state index in [2.05, 4.69) is 10.6 Å². The SMILES string of the molecule is Cl.O=C(CC1CCCN1)Nc1cccc(C(=O)N2CCCCC2)c1. The van der Waals surface area contributed by atoms with Gasteiger partial charge in [0.05, 0.1) is 0 Å². The van der Waals surface area contributed by atoms with Crippen LogP contribution in [0.15, 0.2) is 24.3 Å². The molecule has 1 atom stereocenters. The molecule has 0 aromatic heterocycles. The molecule has 6 heteroatoms. The number of nitrogens with one attached hydrogen (secondary N) is 2. The van der Waals surface area contributed by atoms with Gasteiger partial charge in [0.1, 0.15) is 0 Å². The van der Waals surface area contributed by atoms with Crippen LogP contribution in [0.25, 0.3) is 0 Å². The Morgan fingerprint density at radius 2 is 1.96 bits per heavy atom. The third kappa shape index (κ3) is 4.95. The fourth-order valence-corrected chi connectivity index (χ4v) is 3.38. The average molecular weight is 352 g/mol. The van der Waals surface area contributed by atoms with Crippen LogP contribution >= 0.6 is 12.4 Å². The predicted octanol–water partition coefficient (Wildman–Crippen LogP) is 2.82. The highest BCUT2D eigenvalue weighted by atomic mass is 35.5. The molecule has 132 valence electrons. The zero-order chi connectivity index (χ0) is 16.1. The third-order valence-electron chi connectivity index (χ3n) is 4.63. The molecule has 0 radical (unpaired) electrons. The van der Waals surface area contributed by atoms with Crippen LogP contribution in [-0.4, -0.2) is 42.4 Å². The summed E-state index contributed by atoms with van der Waals surface area (Å²) >= 11 is 0. The van der Waals surface area contributed by atoms with E-state index >= 15 is 0 Å². The molecular formula is C18H26ClN3O2. The molecule has 24 heavy (non-hydrogen) atoms. The highest BCUT2D eigenvalue weighted by molar-refractivity contribution is 5.97. The quantitative estimate of drug-likeness (QED) is 0.876. The van der Waals surface area contributed by atoms with Gasteiger partial charge >= 0.3 is 0 Å². The highest BCUT2D eigenvalue weighted by Gasteiger charge is 2.20. The molecule has 2 aliphatic rings. The first-order chi connectivity index (χ1) is 11.2. The monoisotopic (exact) mass is 351 g/mol. The molecule has 0 bridgehead atoms. The maximum Gasteiger partial charge on any atom is 0.253 e. The minimum absolute atomic E-state index is 0. The lowest BCUT2D eigenvalue weighted by atomic mass is 10.1. The van der Waals surface area contributed by atoms with Crippen LogP contribution in [0, 0.1) is 0 Å². The maximum absolute atomic E-state index is 12.5. The van der Waals surface area contributed by atoms with Crippen LogP contribution in [-0.2, 0) is 4.79 Å². The predicted molar refractivity (Wildman–Crippen MR) is 97.7 cm³/mol. The number of amides is 2. The number of likely N-dealkylation sites (tertiary alicyclic amines) is 1. The van der Waals surface area contributed by atoms with Gasteiger partial charge in [-0.05, 0) is 56.8 Å². The summed E-state index contributed by atoms with van der Waals surface area (Å²) in [6, 6.07) is 7.57. The van der Waals surface area contributed by atoms with Crippen LogP contribution in [0.3, 0.4) is 0 Å². The van der Waals surface area contributed by atoms with Gasteiger partial charge in [-0.1, -0.05) is 6.07 Å². The van der Waals surface area contributed by atoms with Crippen molar-refractivity contribution in [3.05, 3.63) is 29.8 Å². The summed E-state index contributed by atoms with van der Waals surface area (Å²) in [6.45, 7) is 2.67. The van der Waals surface area contributed by atoms with Crippen LogP contribution in [0.5, 0.6) is 0 Å². The number of anilines is 1. The third-order valence-corrected chi connectivity index (χ3v) is 4.63. The summed E-state index contributed by atoms with van der Waals surface area (Å²) in [5.41, 5.74) is 1.36. The molecule has 3 rings (SSSR count). The van der Waals surface area contributed by atoms with Gasteiger partial charge in [0.2, 0.25) is 5.91 Å². The van der Waals surface area contributed by atoms with Gasteiger partial charge in [-0.3, -0.25) is 9.59 Å². The van der Waals surface area contributed by atoms with E-state index < -0.39 is 0 Å². The molecular weight excluding hydrogens is 326 g/mol. The molecule has 0 saturated carbocycles. The molecule has 1 aromatic carbocycles. The average Bonchev–Trinajstić information content (AvgIpc) is 3.08. The standard InChI is InChI=1S/C18H25N3O2.ClH/c22-17(13-15-8-5-9-19-15)20-16-7-4-6-14(12-16)18(23)21-10-2-1-3-11-21;/h4,6-7,12,15,19H,1-3,5,8-11,13H2,(H,20,22);1H. The fraction of sp³-hybridized carbons (Fsp3) is 0.556. The topological polar surface area (TPSA) is 61.4 Å². The molecule has 0 spiro atoms. The van der Waals surface area contributed by atoms with Gasteiger partial charge < -0.3 is 15.5 Å². The first-order valence-electron chi connectivity index (χ1n) is 8.65. The van der Waals surface area contributed by atoms with E-state index in [1.54, 1.807) is 6.07 Å². The van der Waals surface area contributed by atoms with E-state index in [1.165, 1.54) is 6.42 Å². The number of hydrogen-bond acceptors (Lipinski definition) is 3. The van der Waals surface area contributed by atoms with Crippen LogP contribution < -0.4 is 10.6 Å². The molecule has 5 nitrogen and oxygen atoms in total. The molecule has 2 fully saturated rings. The minimum atomic E-state index is 0. The van der Waals surface area contributed by atoms with Crippen molar-refractivity contribution in [1.82, 2.24) is 10.2 Å². The van der Waals surface area contributed by atoms with E-state index in [0.717, 1.165) is 45.3 Å². The second kappa shape index (κ2) is 9.04. The van der Waals surface area contributed by atoms with E-state index in [9.17, 15) is 9.59 Å². The Morgan fingerprint density at radius 3 is 2.67 bits per heavy atom. The zero-order valence-electron chi connectivity index (χ0n) is 13.9. The zero-order valence-corrected chi connectivity index (χ0v) is 14.7. The van der Waals surface area contributed by atoms with Gasteiger partial charge in [0.15, 0.2) is 0 Å². The molecule has 1 aromatic rings. The number of carbonyl (C=O) groups excluding carboxylic acids is 2. The van der Waals surface area contributed by atoms with Crippen molar-refractivity contribution < 1.29 is 9.59 Å². The van der Waals surface area contributed by atoms with Crippen molar-refractivity contribution in [1.29, 1.82) is 0 Å². The summed E-state index contributed by atoms with van der Waals surface area (Å²) < 4.78 is 0. The fourth-order valence-electron chi connectivity index (χ4n) is 3.38. The van der Waals surface area contributed by atoms with Gasteiger partial charge in [-0.25, -0.2) is 0 Å². The van der Waals surface area contributed by atoms with E-state index in [0.29, 0.717) is 17.7 Å². The summed E-state index contributed by atoms with van der Waals surface area (Å²) in [5, 5.41) is 6.24. The minimum Gasteiger partial charge on any atom is -0.339 e. The van der Waals surface area contributed by atoms with E-state index in [-0.39, 0.29) is 30.3 Å². The summed E-state index contributed by atoms with van der Waals surface area (Å²) in [4.78, 5) is 26.5. The highest BCUT2D eigenvalue weighted by Crippen LogP contribution is 2.17. The number of carbonyl (C=O) groups is 2. The summed E-state index contributed by atoms with van der Waals surface area (Å²) in [5.74, 6) is 0.0743. The number of hydrogen-bond donors (Lipinski definition) is 2. The number of rotatable bonds is 4. The number of halogens is 1. The summed E-state index contributed by atoms with van der Waals surface area (Å²) in [7, 11) is 0. The van der Waals surface area contributed by atoms with Gasteiger partial charge in [0, 0.05) is 36.8 Å². The Hall–Kier alpha value is -1.59. The first-order valence-corrected chi connectivity index (χ1v) is 8.65. The van der Waals surface area contributed by atoms with Crippen molar-refractivity contribution in [2.24, 2.45) is 0 Å². The Morgan fingerprint density at radius 1 is 1.17 bits per heavy atom. The van der Waals surface area contributed by atoms with E-state index in [4.69, 9.17) is 0 Å². The molecule has 2 N–H and O–H groups in total. The first kappa shape index (κ1) is 18.7. The number of piperidine rings is 1. The Bertz CT molecular complexity index is 567. The molecule has 1 unspecified atom stereocenters. The molecule has 2 aliphatic heterocycles. The van der Waals surface area contributed by atoms with Crippen LogP contribution in [0.1, 0.15) is 48.9 Å². The van der Waals surface area contributed by atoms with Crippen molar-refractivity contribution >= 4 is 29.9 Å². The number of nitrogens with zero attached hydrogens (tertiary/aromatic N) is 1. The largest absolute Gasteiger partial charge is 0.339 e. The second-order valence-corrected chi connectivity index (χ2v) is 6.48. The normalized spacial score (nSPS) is 20.3. The second-order valence-electron chi connectivity index (χ2n) is 6.48. The lowest BCUT2D eigenvalue weighted by molar-refractivity contribution is -0.116. The van der Waals surface area contributed by atoms with Crippen molar-refractivity contribution in [2.75, 3.05) is 25.0 Å². The lowest BCUT2D eigenvalue weighted by Crippen LogP contribution is -2.35. The number of benzene rings is 1. The maximum atomic E-state index is 12.5.